The Morgan fingerprint density at radius 1 is 1.00 bits per heavy atom. The smallest absolute Gasteiger partial charge is 0.224 e. The molecular formula is C16H17NO2. The minimum Gasteiger partial charge on any atom is -0.508 e. The molecule has 0 aliphatic carbocycles. The minimum absolute atomic E-state index is 0.0264. The third kappa shape index (κ3) is 4.47. The molecule has 0 saturated carbocycles. The highest BCUT2D eigenvalue weighted by Crippen LogP contribution is 2.11. The summed E-state index contributed by atoms with van der Waals surface area (Å²) in [4.78, 5) is 11.7. The second-order valence-electron chi connectivity index (χ2n) is 4.43. The van der Waals surface area contributed by atoms with Gasteiger partial charge >= 0.3 is 0 Å². The Hall–Kier alpha value is -2.29. The quantitative estimate of drug-likeness (QED) is 0.861. The molecule has 0 aromatic heterocycles. The molecular weight excluding hydrogens is 238 g/mol. The van der Waals surface area contributed by atoms with Crippen LogP contribution in [0.15, 0.2) is 54.6 Å². The number of aromatic hydroxyl groups is 1. The van der Waals surface area contributed by atoms with Crippen LogP contribution in [0.3, 0.4) is 0 Å². The highest BCUT2D eigenvalue weighted by Gasteiger charge is 2.03. The third-order valence-corrected chi connectivity index (χ3v) is 2.85. The maximum absolute atomic E-state index is 11.7. The predicted molar refractivity (Wildman–Crippen MR) is 75.0 cm³/mol. The highest BCUT2D eigenvalue weighted by molar-refractivity contribution is 5.78. The summed E-state index contributed by atoms with van der Waals surface area (Å²) in [5.74, 6) is 0.163. The summed E-state index contributed by atoms with van der Waals surface area (Å²) in [6.45, 7) is 0.627. The summed E-state index contributed by atoms with van der Waals surface area (Å²) in [6, 6.07) is 16.8. The number of hydrogen-bond acceptors (Lipinski definition) is 2. The maximum atomic E-state index is 11.7. The van der Waals surface area contributed by atoms with Crippen molar-refractivity contribution in [3.05, 3.63) is 65.7 Å². The number of phenols is 1. The van der Waals surface area contributed by atoms with Crippen molar-refractivity contribution in [2.75, 3.05) is 6.54 Å². The van der Waals surface area contributed by atoms with E-state index in [4.69, 9.17) is 0 Å². The number of benzene rings is 2. The molecule has 0 heterocycles. The van der Waals surface area contributed by atoms with Crippen LogP contribution in [0.2, 0.25) is 0 Å². The van der Waals surface area contributed by atoms with Crippen LogP contribution >= 0.6 is 0 Å². The van der Waals surface area contributed by atoms with Crippen LogP contribution in [0, 0.1) is 0 Å². The van der Waals surface area contributed by atoms with Gasteiger partial charge in [0.1, 0.15) is 5.75 Å². The average molecular weight is 255 g/mol. The summed E-state index contributed by atoms with van der Waals surface area (Å²) >= 11 is 0. The van der Waals surface area contributed by atoms with Gasteiger partial charge in [0.2, 0.25) is 5.91 Å². The molecule has 0 radical (unpaired) electrons. The standard InChI is InChI=1S/C16H17NO2/c18-15-8-4-7-14(11-15)12-16(19)17-10-9-13-5-2-1-3-6-13/h1-8,11,18H,9-10,12H2,(H,17,19). The minimum atomic E-state index is -0.0264. The topological polar surface area (TPSA) is 49.3 Å². The molecule has 3 heteroatoms. The van der Waals surface area contributed by atoms with Gasteiger partial charge in [-0.05, 0) is 29.7 Å². The molecule has 1 amide bonds. The van der Waals surface area contributed by atoms with Gasteiger partial charge < -0.3 is 10.4 Å². The van der Waals surface area contributed by atoms with Crippen LogP contribution in [0.1, 0.15) is 11.1 Å². The Kier molecular flexibility index (Phi) is 4.56. The fourth-order valence-corrected chi connectivity index (χ4v) is 1.91. The van der Waals surface area contributed by atoms with E-state index < -0.39 is 0 Å². The van der Waals surface area contributed by atoms with E-state index in [0.717, 1.165) is 12.0 Å². The van der Waals surface area contributed by atoms with E-state index in [1.807, 2.05) is 36.4 Å². The SMILES string of the molecule is O=C(Cc1cccc(O)c1)NCCc1ccccc1. The molecule has 3 nitrogen and oxygen atoms in total. The first-order valence-electron chi connectivity index (χ1n) is 6.32. The summed E-state index contributed by atoms with van der Waals surface area (Å²) in [5.41, 5.74) is 2.03. The van der Waals surface area contributed by atoms with Crippen molar-refractivity contribution < 1.29 is 9.90 Å². The zero-order valence-electron chi connectivity index (χ0n) is 10.7. The molecule has 0 aliphatic heterocycles. The maximum Gasteiger partial charge on any atom is 0.224 e. The first-order chi connectivity index (χ1) is 9.24. The fourth-order valence-electron chi connectivity index (χ4n) is 1.91. The van der Waals surface area contributed by atoms with Crippen molar-refractivity contribution in [2.24, 2.45) is 0 Å². The monoisotopic (exact) mass is 255 g/mol. The summed E-state index contributed by atoms with van der Waals surface area (Å²) < 4.78 is 0. The predicted octanol–water partition coefficient (Wildman–Crippen LogP) is 2.29. The zero-order valence-corrected chi connectivity index (χ0v) is 10.7. The van der Waals surface area contributed by atoms with Gasteiger partial charge in [-0.3, -0.25) is 4.79 Å². The van der Waals surface area contributed by atoms with Crippen LogP contribution in [-0.2, 0) is 17.6 Å². The number of rotatable bonds is 5. The molecule has 0 fully saturated rings. The van der Waals surface area contributed by atoms with Gasteiger partial charge in [0.25, 0.3) is 0 Å². The fraction of sp³-hybridized carbons (Fsp3) is 0.188. The van der Waals surface area contributed by atoms with Gasteiger partial charge in [0, 0.05) is 6.54 Å². The normalized spacial score (nSPS) is 10.1. The summed E-state index contributed by atoms with van der Waals surface area (Å²) in [6.07, 6.45) is 1.12. The van der Waals surface area contributed by atoms with E-state index in [1.165, 1.54) is 5.56 Å². The molecule has 0 saturated heterocycles. The van der Waals surface area contributed by atoms with Crippen molar-refractivity contribution in [1.82, 2.24) is 5.32 Å². The molecule has 2 N–H and O–H groups in total. The van der Waals surface area contributed by atoms with Crippen molar-refractivity contribution >= 4 is 5.91 Å². The number of amides is 1. The zero-order chi connectivity index (χ0) is 13.5. The van der Waals surface area contributed by atoms with E-state index in [9.17, 15) is 9.90 Å². The van der Waals surface area contributed by atoms with Crippen LogP contribution in [0.25, 0.3) is 0 Å². The van der Waals surface area contributed by atoms with Crippen molar-refractivity contribution in [2.45, 2.75) is 12.8 Å². The van der Waals surface area contributed by atoms with Crippen molar-refractivity contribution in [1.29, 1.82) is 0 Å². The van der Waals surface area contributed by atoms with E-state index in [0.29, 0.717) is 13.0 Å². The first kappa shape index (κ1) is 13.1. The molecule has 0 spiro atoms. The van der Waals surface area contributed by atoms with E-state index in [1.54, 1.807) is 18.2 Å². The average Bonchev–Trinajstić information content (AvgIpc) is 2.40. The molecule has 19 heavy (non-hydrogen) atoms. The largest absolute Gasteiger partial charge is 0.508 e. The Balaban J connectivity index is 1.76. The molecule has 0 bridgehead atoms. The van der Waals surface area contributed by atoms with Crippen molar-refractivity contribution in [3.8, 4) is 5.75 Å². The second kappa shape index (κ2) is 6.59. The van der Waals surface area contributed by atoms with Gasteiger partial charge in [-0.2, -0.15) is 0 Å². The Labute approximate surface area is 112 Å². The Morgan fingerprint density at radius 3 is 2.47 bits per heavy atom. The van der Waals surface area contributed by atoms with Crippen LogP contribution in [0.5, 0.6) is 5.75 Å². The van der Waals surface area contributed by atoms with Crippen LogP contribution < -0.4 is 5.32 Å². The lowest BCUT2D eigenvalue weighted by atomic mass is 10.1. The number of carbonyl (C=O) groups is 1. The van der Waals surface area contributed by atoms with Crippen LogP contribution in [-0.4, -0.2) is 17.6 Å². The third-order valence-electron chi connectivity index (χ3n) is 2.85. The summed E-state index contributed by atoms with van der Waals surface area (Å²) in [7, 11) is 0. The second-order valence-corrected chi connectivity index (χ2v) is 4.43. The lowest BCUT2D eigenvalue weighted by molar-refractivity contribution is -0.120. The van der Waals surface area contributed by atoms with E-state index in [-0.39, 0.29) is 11.7 Å². The highest BCUT2D eigenvalue weighted by atomic mass is 16.3. The molecule has 0 atom stereocenters. The van der Waals surface area contributed by atoms with Gasteiger partial charge in [0.15, 0.2) is 0 Å². The van der Waals surface area contributed by atoms with E-state index in [2.05, 4.69) is 5.32 Å². The van der Waals surface area contributed by atoms with Gasteiger partial charge in [-0.25, -0.2) is 0 Å². The molecule has 0 unspecified atom stereocenters. The first-order valence-corrected chi connectivity index (χ1v) is 6.32. The van der Waals surface area contributed by atoms with Gasteiger partial charge in [-0.15, -0.1) is 0 Å². The molecule has 2 aromatic rings. The van der Waals surface area contributed by atoms with Gasteiger partial charge in [0.05, 0.1) is 6.42 Å². The molecule has 2 aromatic carbocycles. The van der Waals surface area contributed by atoms with E-state index >= 15 is 0 Å². The number of carbonyl (C=O) groups excluding carboxylic acids is 1. The molecule has 98 valence electrons. The Morgan fingerprint density at radius 2 is 1.74 bits per heavy atom. The summed E-state index contributed by atoms with van der Waals surface area (Å²) in [5, 5.41) is 12.2. The van der Waals surface area contributed by atoms with Crippen molar-refractivity contribution in [3.63, 3.8) is 0 Å². The van der Waals surface area contributed by atoms with Crippen LogP contribution in [0.4, 0.5) is 0 Å². The Bertz CT molecular complexity index is 537. The molecule has 2 rings (SSSR count). The molecule has 0 aliphatic rings. The number of phenolic OH excluding ortho intramolecular Hbond substituents is 1. The lowest BCUT2D eigenvalue weighted by Crippen LogP contribution is -2.27. The number of nitrogens with one attached hydrogen (secondary N) is 1. The van der Waals surface area contributed by atoms with Gasteiger partial charge in [-0.1, -0.05) is 42.5 Å². The lowest BCUT2D eigenvalue weighted by Gasteiger charge is -2.05. The number of hydrogen-bond donors (Lipinski definition) is 2.